The Balaban J connectivity index is 1.71. The fourth-order valence-corrected chi connectivity index (χ4v) is 10.8. The summed E-state index contributed by atoms with van der Waals surface area (Å²) in [6.45, 7) is 6.25. The Hall–Kier alpha value is 0.320. The molecule has 0 radical (unpaired) electrons. The summed E-state index contributed by atoms with van der Waals surface area (Å²) in [4.78, 5) is 24.3. The molecule has 0 aromatic rings. The number of allylic oxidation sites excluding steroid dienone is 1. The van der Waals surface area contributed by atoms with Crippen molar-refractivity contribution in [2.75, 3.05) is 0 Å². The van der Waals surface area contributed by atoms with E-state index in [2.05, 4.69) is 61.6 Å². The number of ether oxygens (including phenoxy) is 1. The number of ketones is 1. The molecule has 150 valence electrons. The molecular weight excluding hydrogens is 540 g/mol. The standard InChI is InChI=1S/C21H27Br3O3/c1-10(25)27-16-5-4-12-11-8-14(22)17-18(24)19(26)15(23)9-21(17,3)13(11)6-7-20(12,16)2/h11-16H,4-9H2,1-3H3/t11-,12-,13-,14+,15+,16-,20-,21+/m0/s1. The lowest BCUT2D eigenvalue weighted by atomic mass is 9.47. The first-order valence-corrected chi connectivity index (χ1v) is 12.6. The van der Waals surface area contributed by atoms with Crippen LogP contribution in [-0.4, -0.2) is 27.5 Å². The number of fused-ring (bicyclic) bond motifs is 5. The van der Waals surface area contributed by atoms with Crippen molar-refractivity contribution in [2.24, 2.45) is 28.6 Å². The lowest BCUT2D eigenvalue weighted by Crippen LogP contribution is -2.55. The number of carbonyl (C=O) groups excluding carboxylic acids is 2. The number of carbonyl (C=O) groups is 2. The van der Waals surface area contributed by atoms with Crippen LogP contribution in [0.15, 0.2) is 10.1 Å². The van der Waals surface area contributed by atoms with Gasteiger partial charge < -0.3 is 4.74 Å². The van der Waals surface area contributed by atoms with Crippen LogP contribution in [-0.2, 0) is 14.3 Å². The Bertz CT molecular complexity index is 719. The topological polar surface area (TPSA) is 43.4 Å². The first kappa shape index (κ1) is 20.6. The third-order valence-electron chi connectivity index (χ3n) is 8.22. The van der Waals surface area contributed by atoms with Gasteiger partial charge in [-0.05, 0) is 83.2 Å². The molecular formula is C21H27Br3O3. The molecule has 0 aromatic carbocycles. The molecule has 8 atom stereocenters. The van der Waals surface area contributed by atoms with E-state index in [9.17, 15) is 9.59 Å². The van der Waals surface area contributed by atoms with E-state index in [1.54, 1.807) is 0 Å². The average Bonchev–Trinajstić information content (AvgIpc) is 2.89. The largest absolute Gasteiger partial charge is 0.462 e. The van der Waals surface area contributed by atoms with Crippen LogP contribution in [0.4, 0.5) is 0 Å². The fourth-order valence-electron chi connectivity index (χ4n) is 7.05. The molecule has 3 saturated carbocycles. The zero-order valence-electron chi connectivity index (χ0n) is 16.1. The molecule has 0 spiro atoms. The molecule has 0 saturated heterocycles. The van der Waals surface area contributed by atoms with Gasteiger partial charge in [0, 0.05) is 17.2 Å². The van der Waals surface area contributed by atoms with Crippen LogP contribution < -0.4 is 0 Å². The fraction of sp³-hybridized carbons (Fsp3) is 0.810. The van der Waals surface area contributed by atoms with Crippen molar-refractivity contribution >= 4 is 59.5 Å². The summed E-state index contributed by atoms with van der Waals surface area (Å²) < 4.78 is 6.54. The Labute approximate surface area is 186 Å². The minimum atomic E-state index is -0.153. The maximum atomic E-state index is 12.6. The second-order valence-electron chi connectivity index (χ2n) is 9.48. The maximum absolute atomic E-state index is 12.6. The number of rotatable bonds is 1. The van der Waals surface area contributed by atoms with Gasteiger partial charge in [0.05, 0.1) is 9.31 Å². The SMILES string of the molecule is CC(=O)O[C@H]1CC[C@H]2[C@@H]3C[C@@H](Br)C4=C(Br)C(=O)[C@H](Br)C[C@]4(C)[C@H]3CC[C@]12C. The van der Waals surface area contributed by atoms with E-state index < -0.39 is 0 Å². The summed E-state index contributed by atoms with van der Waals surface area (Å²) in [5, 5.41) is 0. The molecule has 4 rings (SSSR count). The Morgan fingerprint density at radius 3 is 2.48 bits per heavy atom. The van der Waals surface area contributed by atoms with Crippen LogP contribution in [0.3, 0.4) is 0 Å². The van der Waals surface area contributed by atoms with Gasteiger partial charge in [-0.2, -0.15) is 0 Å². The van der Waals surface area contributed by atoms with Crippen LogP contribution in [0.2, 0.25) is 0 Å². The molecule has 0 bridgehead atoms. The van der Waals surface area contributed by atoms with Crippen molar-refractivity contribution in [1.29, 1.82) is 0 Å². The van der Waals surface area contributed by atoms with Crippen LogP contribution in [0.25, 0.3) is 0 Å². The van der Waals surface area contributed by atoms with Gasteiger partial charge in [-0.3, -0.25) is 9.59 Å². The zero-order valence-corrected chi connectivity index (χ0v) is 20.8. The smallest absolute Gasteiger partial charge is 0.302 e. The maximum Gasteiger partial charge on any atom is 0.302 e. The average molecular weight is 567 g/mol. The minimum Gasteiger partial charge on any atom is -0.462 e. The molecule has 4 aliphatic carbocycles. The first-order chi connectivity index (χ1) is 12.6. The Morgan fingerprint density at radius 1 is 1.11 bits per heavy atom. The molecule has 0 N–H and O–H groups in total. The molecule has 3 nitrogen and oxygen atoms in total. The third kappa shape index (κ3) is 2.98. The third-order valence-corrected chi connectivity index (χ3v) is 10.6. The minimum absolute atomic E-state index is 0.0266. The second-order valence-corrected chi connectivity index (χ2v) is 12.5. The van der Waals surface area contributed by atoms with E-state index in [0.29, 0.717) is 17.8 Å². The van der Waals surface area contributed by atoms with E-state index in [1.165, 1.54) is 12.5 Å². The predicted molar refractivity (Wildman–Crippen MR) is 116 cm³/mol. The summed E-state index contributed by atoms with van der Waals surface area (Å²) in [5.41, 5.74) is 1.40. The van der Waals surface area contributed by atoms with Crippen LogP contribution in [0, 0.1) is 28.6 Å². The van der Waals surface area contributed by atoms with Crippen molar-refractivity contribution in [2.45, 2.75) is 75.1 Å². The molecule has 4 aliphatic rings. The van der Waals surface area contributed by atoms with Crippen LogP contribution >= 0.6 is 47.8 Å². The normalized spacial score (nSPS) is 49.3. The molecule has 6 heteroatoms. The van der Waals surface area contributed by atoms with Gasteiger partial charge in [-0.25, -0.2) is 0 Å². The van der Waals surface area contributed by atoms with Crippen molar-refractivity contribution < 1.29 is 14.3 Å². The molecule has 3 fully saturated rings. The zero-order chi connectivity index (χ0) is 19.7. The summed E-state index contributed by atoms with van der Waals surface area (Å²) in [7, 11) is 0. The highest BCUT2D eigenvalue weighted by Gasteiger charge is 2.62. The van der Waals surface area contributed by atoms with Crippen molar-refractivity contribution in [1.82, 2.24) is 0 Å². The monoisotopic (exact) mass is 564 g/mol. The van der Waals surface area contributed by atoms with Crippen LogP contribution in [0.1, 0.15) is 59.3 Å². The van der Waals surface area contributed by atoms with Gasteiger partial charge in [0.2, 0.25) is 0 Å². The molecule has 27 heavy (non-hydrogen) atoms. The molecule has 0 unspecified atom stereocenters. The van der Waals surface area contributed by atoms with E-state index in [4.69, 9.17) is 4.74 Å². The highest BCUT2D eigenvalue weighted by Crippen LogP contribution is 2.67. The summed E-state index contributed by atoms with van der Waals surface area (Å²) in [5.74, 6) is 1.80. The summed E-state index contributed by atoms with van der Waals surface area (Å²) in [6, 6.07) is 0. The number of hydrogen-bond acceptors (Lipinski definition) is 3. The number of Topliss-reactive ketones (excluding diaryl/α,β-unsaturated/α-hetero) is 1. The van der Waals surface area contributed by atoms with Crippen molar-refractivity contribution in [3.8, 4) is 0 Å². The summed E-state index contributed by atoms with van der Waals surface area (Å²) in [6.07, 6.45) is 6.37. The van der Waals surface area contributed by atoms with Gasteiger partial charge in [0.25, 0.3) is 0 Å². The van der Waals surface area contributed by atoms with Gasteiger partial charge in [-0.15, -0.1) is 0 Å². The van der Waals surface area contributed by atoms with E-state index in [0.717, 1.165) is 43.0 Å². The number of esters is 1. The predicted octanol–water partition coefficient (Wildman–Crippen LogP) is 5.92. The van der Waals surface area contributed by atoms with Gasteiger partial charge >= 0.3 is 5.97 Å². The van der Waals surface area contributed by atoms with Crippen LogP contribution in [0.5, 0.6) is 0 Å². The number of hydrogen-bond donors (Lipinski definition) is 0. The van der Waals surface area contributed by atoms with E-state index in [-0.39, 0.29) is 38.3 Å². The lowest BCUT2D eigenvalue weighted by Gasteiger charge is -2.59. The van der Waals surface area contributed by atoms with E-state index >= 15 is 0 Å². The van der Waals surface area contributed by atoms with E-state index in [1.807, 2.05) is 0 Å². The van der Waals surface area contributed by atoms with Crippen molar-refractivity contribution in [3.63, 3.8) is 0 Å². The quantitative estimate of drug-likeness (QED) is 0.292. The molecule has 0 heterocycles. The van der Waals surface area contributed by atoms with Crippen molar-refractivity contribution in [3.05, 3.63) is 10.1 Å². The number of halogens is 3. The number of alkyl halides is 2. The molecule has 0 aliphatic heterocycles. The Morgan fingerprint density at radius 2 is 1.81 bits per heavy atom. The highest BCUT2D eigenvalue weighted by molar-refractivity contribution is 9.12. The van der Waals surface area contributed by atoms with Gasteiger partial charge in [0.15, 0.2) is 5.78 Å². The Kier molecular flexibility index (Phi) is 5.29. The molecule has 0 amide bonds. The molecule has 0 aromatic heterocycles. The summed E-state index contributed by atoms with van der Waals surface area (Å²) >= 11 is 11.2. The highest BCUT2D eigenvalue weighted by atomic mass is 79.9. The van der Waals surface area contributed by atoms with Gasteiger partial charge in [-0.1, -0.05) is 45.7 Å². The first-order valence-electron chi connectivity index (χ1n) is 9.99. The van der Waals surface area contributed by atoms with Gasteiger partial charge in [0.1, 0.15) is 6.10 Å². The lowest BCUT2D eigenvalue weighted by molar-refractivity contribution is -0.157. The second kappa shape index (κ2) is 6.94.